The summed E-state index contributed by atoms with van der Waals surface area (Å²) in [5, 5.41) is 7.16. The zero-order valence-electron chi connectivity index (χ0n) is 10.0. The summed E-state index contributed by atoms with van der Waals surface area (Å²) in [6, 6.07) is 0. The van der Waals surface area contributed by atoms with E-state index in [0.717, 1.165) is 17.8 Å². The maximum absolute atomic E-state index is 11.2. The monoisotopic (exact) mass is 243 g/mol. The molecule has 1 amide bonds. The van der Waals surface area contributed by atoms with Gasteiger partial charge in [-0.3, -0.25) is 9.48 Å². The molecule has 1 rings (SSSR count). The molecule has 0 radical (unpaired) electrons. The van der Waals surface area contributed by atoms with Gasteiger partial charge in [-0.1, -0.05) is 0 Å². The first-order valence-corrected chi connectivity index (χ1v) is 5.91. The lowest BCUT2D eigenvalue weighted by molar-refractivity contribution is -0.120. The van der Waals surface area contributed by atoms with Crippen molar-refractivity contribution < 1.29 is 4.79 Å². The number of hydrogen-bond donors (Lipinski definition) is 1. The minimum absolute atomic E-state index is 0.00852. The first-order chi connectivity index (χ1) is 7.56. The number of aryl methyl sites for hydroxylation is 2. The second-order valence-corrected chi connectivity index (χ2v) is 4.19. The largest absolute Gasteiger partial charge is 0.356 e. The minimum Gasteiger partial charge on any atom is -0.356 e. The van der Waals surface area contributed by atoms with Gasteiger partial charge in [-0.05, 0) is 25.8 Å². The Kier molecular flexibility index (Phi) is 4.80. The van der Waals surface area contributed by atoms with E-state index in [1.165, 1.54) is 5.56 Å². The average Bonchev–Trinajstić information content (AvgIpc) is 2.45. The van der Waals surface area contributed by atoms with E-state index in [4.69, 9.17) is 11.6 Å². The molecule has 1 aromatic rings. The molecule has 4 nitrogen and oxygen atoms in total. The highest BCUT2D eigenvalue weighted by atomic mass is 35.5. The van der Waals surface area contributed by atoms with E-state index in [9.17, 15) is 4.79 Å². The minimum atomic E-state index is 0.00852. The van der Waals surface area contributed by atoms with Crippen molar-refractivity contribution in [3.05, 3.63) is 17.0 Å². The van der Waals surface area contributed by atoms with Crippen molar-refractivity contribution in [3.63, 3.8) is 0 Å². The maximum atomic E-state index is 11.2. The Morgan fingerprint density at radius 2 is 2.19 bits per heavy atom. The van der Waals surface area contributed by atoms with Gasteiger partial charge in [0.25, 0.3) is 0 Å². The quantitative estimate of drug-likeness (QED) is 0.793. The lowest BCUT2D eigenvalue weighted by Crippen LogP contribution is -2.25. The van der Waals surface area contributed by atoms with Gasteiger partial charge in [0.15, 0.2) is 0 Å². The number of nitrogens with one attached hydrogen (secondary N) is 1. The fourth-order valence-corrected chi connectivity index (χ4v) is 1.85. The topological polar surface area (TPSA) is 46.9 Å². The smallest absolute Gasteiger partial charge is 0.221 e. The summed E-state index contributed by atoms with van der Waals surface area (Å²) in [7, 11) is 1.93. The predicted molar refractivity (Wildman–Crippen MR) is 64.7 cm³/mol. The van der Waals surface area contributed by atoms with Gasteiger partial charge < -0.3 is 5.32 Å². The lowest BCUT2D eigenvalue weighted by Gasteiger charge is -2.04. The molecule has 0 aliphatic heterocycles. The van der Waals surface area contributed by atoms with Crippen LogP contribution >= 0.6 is 11.6 Å². The van der Waals surface area contributed by atoms with Crippen molar-refractivity contribution in [1.82, 2.24) is 15.1 Å². The Balaban J connectivity index is 2.46. The Morgan fingerprint density at radius 3 is 2.69 bits per heavy atom. The second kappa shape index (κ2) is 5.89. The number of alkyl halides is 1. The third-order valence-corrected chi connectivity index (χ3v) is 2.87. The molecule has 0 bridgehead atoms. The number of nitrogens with zero attached hydrogens (tertiary/aromatic N) is 2. The average molecular weight is 244 g/mol. The van der Waals surface area contributed by atoms with Crippen LogP contribution in [0.25, 0.3) is 0 Å². The highest BCUT2D eigenvalue weighted by Crippen LogP contribution is 2.11. The van der Waals surface area contributed by atoms with E-state index in [2.05, 4.69) is 10.4 Å². The number of carbonyl (C=O) groups is 1. The second-order valence-electron chi connectivity index (χ2n) is 3.81. The number of halogens is 1. The van der Waals surface area contributed by atoms with Crippen molar-refractivity contribution in [3.8, 4) is 0 Å². The highest BCUT2D eigenvalue weighted by molar-refractivity contribution is 6.18. The van der Waals surface area contributed by atoms with Crippen LogP contribution in [0.2, 0.25) is 0 Å². The van der Waals surface area contributed by atoms with Gasteiger partial charge in [0.2, 0.25) is 5.91 Å². The standard InChI is InChI=1S/C11H18ClN3O/c1-8-10(9(2)15(3)14-8)5-7-13-11(16)4-6-12/h4-7H2,1-3H3,(H,13,16). The molecule has 90 valence electrons. The van der Waals surface area contributed by atoms with Crippen LogP contribution in [0.1, 0.15) is 23.4 Å². The zero-order chi connectivity index (χ0) is 12.1. The van der Waals surface area contributed by atoms with Crippen molar-refractivity contribution in [2.75, 3.05) is 12.4 Å². The summed E-state index contributed by atoms with van der Waals surface area (Å²) < 4.78 is 1.87. The Bertz CT molecular complexity index is 374. The Hall–Kier alpha value is -1.03. The molecule has 1 heterocycles. The van der Waals surface area contributed by atoms with Crippen molar-refractivity contribution in [1.29, 1.82) is 0 Å². The summed E-state index contributed by atoms with van der Waals surface area (Å²) in [6.07, 6.45) is 1.20. The number of hydrogen-bond acceptors (Lipinski definition) is 2. The molecular weight excluding hydrogens is 226 g/mol. The van der Waals surface area contributed by atoms with E-state index in [1.807, 2.05) is 25.6 Å². The van der Waals surface area contributed by atoms with Gasteiger partial charge in [-0.2, -0.15) is 5.10 Å². The predicted octanol–water partition coefficient (Wildman–Crippen LogP) is 1.32. The van der Waals surface area contributed by atoms with Crippen molar-refractivity contribution in [2.24, 2.45) is 7.05 Å². The molecule has 0 fully saturated rings. The molecular formula is C11H18ClN3O. The van der Waals surface area contributed by atoms with E-state index in [1.54, 1.807) is 0 Å². The SMILES string of the molecule is Cc1nn(C)c(C)c1CCNC(=O)CCCl. The molecule has 0 unspecified atom stereocenters. The third kappa shape index (κ3) is 3.23. The van der Waals surface area contributed by atoms with Crippen molar-refractivity contribution >= 4 is 17.5 Å². The van der Waals surface area contributed by atoms with Crippen LogP contribution < -0.4 is 5.32 Å². The summed E-state index contributed by atoms with van der Waals surface area (Å²) >= 11 is 5.47. The maximum Gasteiger partial charge on any atom is 0.221 e. The Morgan fingerprint density at radius 1 is 1.50 bits per heavy atom. The number of carbonyl (C=O) groups excluding carboxylic acids is 1. The van der Waals surface area contributed by atoms with Gasteiger partial charge in [0, 0.05) is 31.6 Å². The van der Waals surface area contributed by atoms with E-state index < -0.39 is 0 Å². The molecule has 0 aliphatic rings. The van der Waals surface area contributed by atoms with Crippen LogP contribution in [0.3, 0.4) is 0 Å². The highest BCUT2D eigenvalue weighted by Gasteiger charge is 2.09. The summed E-state index contributed by atoms with van der Waals surface area (Å²) in [5.41, 5.74) is 3.41. The molecule has 16 heavy (non-hydrogen) atoms. The number of rotatable bonds is 5. The fraction of sp³-hybridized carbons (Fsp3) is 0.636. The summed E-state index contributed by atoms with van der Waals surface area (Å²) in [4.78, 5) is 11.2. The van der Waals surface area contributed by atoms with E-state index in [0.29, 0.717) is 18.8 Å². The van der Waals surface area contributed by atoms with Crippen molar-refractivity contribution in [2.45, 2.75) is 26.7 Å². The molecule has 0 atom stereocenters. The van der Waals surface area contributed by atoms with Gasteiger partial charge >= 0.3 is 0 Å². The fourth-order valence-electron chi connectivity index (χ4n) is 1.68. The molecule has 1 aromatic heterocycles. The molecule has 0 saturated carbocycles. The van der Waals surface area contributed by atoms with Crippen LogP contribution in [0, 0.1) is 13.8 Å². The first-order valence-electron chi connectivity index (χ1n) is 5.38. The van der Waals surface area contributed by atoms with Gasteiger partial charge in [0.05, 0.1) is 5.69 Å². The van der Waals surface area contributed by atoms with Crippen LogP contribution in [0.4, 0.5) is 0 Å². The van der Waals surface area contributed by atoms with E-state index in [-0.39, 0.29) is 5.91 Å². The Labute approximate surface area is 101 Å². The van der Waals surface area contributed by atoms with Gasteiger partial charge in [-0.15, -0.1) is 11.6 Å². The molecule has 5 heteroatoms. The normalized spacial score (nSPS) is 10.5. The first kappa shape index (κ1) is 13.0. The van der Waals surface area contributed by atoms with Crippen LogP contribution in [0.5, 0.6) is 0 Å². The summed E-state index contributed by atoms with van der Waals surface area (Å²) in [6.45, 7) is 4.67. The molecule has 0 spiro atoms. The van der Waals surface area contributed by atoms with Gasteiger partial charge in [-0.25, -0.2) is 0 Å². The molecule has 0 aliphatic carbocycles. The van der Waals surface area contributed by atoms with Crippen LogP contribution in [-0.2, 0) is 18.3 Å². The van der Waals surface area contributed by atoms with Gasteiger partial charge in [0.1, 0.15) is 0 Å². The number of amides is 1. The summed E-state index contributed by atoms with van der Waals surface area (Å²) in [5.74, 6) is 0.380. The zero-order valence-corrected chi connectivity index (χ0v) is 10.8. The molecule has 0 aromatic carbocycles. The van der Waals surface area contributed by atoms with Crippen LogP contribution in [0.15, 0.2) is 0 Å². The van der Waals surface area contributed by atoms with Crippen LogP contribution in [-0.4, -0.2) is 28.1 Å². The molecule has 1 N–H and O–H groups in total. The lowest BCUT2D eigenvalue weighted by atomic mass is 10.1. The molecule has 0 saturated heterocycles. The third-order valence-electron chi connectivity index (χ3n) is 2.68. The number of aromatic nitrogens is 2. The van der Waals surface area contributed by atoms with E-state index >= 15 is 0 Å².